The van der Waals surface area contributed by atoms with Crippen LogP contribution >= 0.6 is 12.2 Å². The SMILES string of the molecule is S=C=NC1CCCCCCCCCCCCCC1. The van der Waals surface area contributed by atoms with Gasteiger partial charge in [0.05, 0.1) is 11.2 Å². The number of rotatable bonds is 1. The van der Waals surface area contributed by atoms with Crippen molar-refractivity contribution in [3.8, 4) is 0 Å². The molecule has 1 aliphatic carbocycles. The van der Waals surface area contributed by atoms with Gasteiger partial charge in [-0.2, -0.15) is 0 Å². The van der Waals surface area contributed by atoms with Gasteiger partial charge in [0.15, 0.2) is 0 Å². The third-order valence-corrected chi connectivity index (χ3v) is 4.17. The predicted molar refractivity (Wildman–Crippen MR) is 83.5 cm³/mol. The molecule has 0 unspecified atom stereocenters. The number of thiocarbonyl (C=S) groups is 1. The lowest BCUT2D eigenvalue weighted by atomic mass is 10.0. The third kappa shape index (κ3) is 8.83. The first-order chi connectivity index (χ1) is 8.93. The maximum absolute atomic E-state index is 4.76. The predicted octanol–water partition coefficient (Wildman–Crippen LogP) is 5.93. The Labute approximate surface area is 118 Å². The van der Waals surface area contributed by atoms with Crippen LogP contribution in [-0.2, 0) is 0 Å². The summed E-state index contributed by atoms with van der Waals surface area (Å²) in [5.74, 6) is 0. The van der Waals surface area contributed by atoms with Crippen molar-refractivity contribution in [3.63, 3.8) is 0 Å². The van der Waals surface area contributed by atoms with Gasteiger partial charge in [0.2, 0.25) is 0 Å². The van der Waals surface area contributed by atoms with Gasteiger partial charge in [-0.1, -0.05) is 77.0 Å². The molecule has 0 heterocycles. The van der Waals surface area contributed by atoms with Gasteiger partial charge in [0, 0.05) is 0 Å². The van der Waals surface area contributed by atoms with E-state index in [2.05, 4.69) is 10.2 Å². The summed E-state index contributed by atoms with van der Waals surface area (Å²) in [6.45, 7) is 0. The minimum atomic E-state index is 0.465. The lowest BCUT2D eigenvalue weighted by Crippen LogP contribution is -2.04. The van der Waals surface area contributed by atoms with Crippen LogP contribution in [0.2, 0.25) is 0 Å². The van der Waals surface area contributed by atoms with Crippen LogP contribution in [0, 0.1) is 0 Å². The largest absolute Gasteiger partial charge is 0.229 e. The molecule has 0 aromatic heterocycles. The van der Waals surface area contributed by atoms with E-state index in [1.807, 2.05) is 0 Å². The summed E-state index contributed by atoms with van der Waals surface area (Å²) in [5, 5.41) is 2.59. The van der Waals surface area contributed by atoms with E-state index in [-0.39, 0.29) is 0 Å². The Kier molecular flexibility index (Phi) is 10.5. The van der Waals surface area contributed by atoms with Crippen LogP contribution in [0.15, 0.2) is 4.99 Å². The Morgan fingerprint density at radius 2 is 0.944 bits per heavy atom. The fourth-order valence-corrected chi connectivity index (χ4v) is 3.02. The Hall–Kier alpha value is -0.200. The summed E-state index contributed by atoms with van der Waals surface area (Å²) < 4.78 is 0. The highest BCUT2D eigenvalue weighted by Crippen LogP contribution is 2.18. The second-order valence-electron chi connectivity index (χ2n) is 5.69. The Morgan fingerprint density at radius 3 is 1.28 bits per heavy atom. The van der Waals surface area contributed by atoms with Crippen molar-refractivity contribution in [3.05, 3.63) is 0 Å². The Morgan fingerprint density at radius 1 is 0.611 bits per heavy atom. The molecule has 18 heavy (non-hydrogen) atoms. The molecule has 0 atom stereocenters. The standard InChI is InChI=1S/C16H29NS/c18-15-17-16-13-11-9-7-5-3-1-2-4-6-8-10-12-14-16/h16H,1-14H2. The maximum atomic E-state index is 4.76. The fraction of sp³-hybridized carbons (Fsp3) is 0.938. The molecule has 0 aliphatic heterocycles. The monoisotopic (exact) mass is 267 g/mol. The van der Waals surface area contributed by atoms with Crippen molar-refractivity contribution in [2.45, 2.75) is 95.9 Å². The minimum Gasteiger partial charge on any atom is -0.229 e. The lowest BCUT2D eigenvalue weighted by Gasteiger charge is -2.10. The third-order valence-electron chi connectivity index (χ3n) is 4.06. The van der Waals surface area contributed by atoms with Crippen molar-refractivity contribution in [2.75, 3.05) is 0 Å². The Bertz CT molecular complexity index is 217. The van der Waals surface area contributed by atoms with Crippen LogP contribution in [0.1, 0.15) is 89.9 Å². The molecule has 0 aromatic carbocycles. The van der Waals surface area contributed by atoms with E-state index in [0.29, 0.717) is 6.04 Å². The highest BCUT2D eigenvalue weighted by atomic mass is 32.1. The van der Waals surface area contributed by atoms with Crippen LogP contribution in [0.3, 0.4) is 0 Å². The van der Waals surface area contributed by atoms with Gasteiger partial charge in [0.1, 0.15) is 0 Å². The molecule has 1 aliphatic rings. The van der Waals surface area contributed by atoms with Crippen molar-refractivity contribution in [1.82, 2.24) is 0 Å². The number of isothiocyanates is 1. The van der Waals surface area contributed by atoms with Gasteiger partial charge in [-0.05, 0) is 25.1 Å². The highest BCUT2D eigenvalue weighted by molar-refractivity contribution is 7.78. The molecule has 1 fully saturated rings. The summed E-state index contributed by atoms with van der Waals surface area (Å²) in [5.41, 5.74) is 0. The minimum absolute atomic E-state index is 0.465. The number of nitrogens with zero attached hydrogens (tertiary/aromatic N) is 1. The van der Waals surface area contributed by atoms with Gasteiger partial charge in [-0.3, -0.25) is 0 Å². The quantitative estimate of drug-likeness (QED) is 0.423. The van der Waals surface area contributed by atoms with Gasteiger partial charge in [-0.25, -0.2) is 4.99 Å². The van der Waals surface area contributed by atoms with E-state index < -0.39 is 0 Å². The van der Waals surface area contributed by atoms with Crippen molar-refractivity contribution in [1.29, 1.82) is 0 Å². The fourth-order valence-electron chi connectivity index (χ4n) is 2.88. The highest BCUT2D eigenvalue weighted by Gasteiger charge is 2.06. The zero-order chi connectivity index (χ0) is 12.9. The molecule has 0 aromatic rings. The maximum Gasteiger partial charge on any atom is 0.0602 e. The summed E-state index contributed by atoms with van der Waals surface area (Å²) in [6, 6.07) is 0.465. The van der Waals surface area contributed by atoms with Crippen LogP contribution in [-0.4, -0.2) is 11.2 Å². The number of hydrogen-bond donors (Lipinski definition) is 0. The van der Waals surface area contributed by atoms with Gasteiger partial charge in [-0.15, -0.1) is 0 Å². The van der Waals surface area contributed by atoms with Crippen LogP contribution in [0.5, 0.6) is 0 Å². The summed E-state index contributed by atoms with van der Waals surface area (Å²) in [6.07, 6.45) is 19.3. The normalized spacial score (nSPS) is 22.4. The average molecular weight is 267 g/mol. The molecule has 2 heteroatoms. The molecule has 0 spiro atoms. The van der Waals surface area contributed by atoms with E-state index in [4.69, 9.17) is 12.2 Å². The number of hydrogen-bond acceptors (Lipinski definition) is 2. The molecule has 0 amide bonds. The van der Waals surface area contributed by atoms with Gasteiger partial charge in [0.25, 0.3) is 0 Å². The second kappa shape index (κ2) is 11.9. The molecular formula is C16H29NS. The summed E-state index contributed by atoms with van der Waals surface area (Å²) in [4.78, 5) is 4.34. The molecular weight excluding hydrogens is 238 g/mol. The van der Waals surface area contributed by atoms with Crippen LogP contribution < -0.4 is 0 Å². The van der Waals surface area contributed by atoms with E-state index in [0.717, 1.165) is 0 Å². The van der Waals surface area contributed by atoms with Crippen LogP contribution in [0.25, 0.3) is 0 Å². The van der Waals surface area contributed by atoms with E-state index in [1.165, 1.54) is 89.9 Å². The summed E-state index contributed by atoms with van der Waals surface area (Å²) in [7, 11) is 0. The molecule has 1 saturated carbocycles. The average Bonchev–Trinajstić information content (AvgIpc) is 2.39. The molecule has 0 bridgehead atoms. The molecule has 104 valence electrons. The molecule has 0 N–H and O–H groups in total. The zero-order valence-electron chi connectivity index (χ0n) is 11.8. The van der Waals surface area contributed by atoms with E-state index in [1.54, 1.807) is 0 Å². The first-order valence-corrected chi connectivity index (χ1v) is 8.41. The topological polar surface area (TPSA) is 12.4 Å². The first-order valence-electron chi connectivity index (χ1n) is 8.00. The van der Waals surface area contributed by atoms with E-state index in [9.17, 15) is 0 Å². The zero-order valence-corrected chi connectivity index (χ0v) is 12.6. The van der Waals surface area contributed by atoms with Crippen molar-refractivity contribution in [2.24, 2.45) is 4.99 Å². The molecule has 1 rings (SSSR count). The first kappa shape index (κ1) is 15.9. The van der Waals surface area contributed by atoms with Crippen molar-refractivity contribution >= 4 is 17.4 Å². The smallest absolute Gasteiger partial charge is 0.0602 e. The second-order valence-corrected chi connectivity index (χ2v) is 5.88. The Balaban J connectivity index is 2.26. The van der Waals surface area contributed by atoms with Crippen LogP contribution in [0.4, 0.5) is 0 Å². The molecule has 0 saturated heterocycles. The number of aliphatic imine (C=N–C) groups is 1. The van der Waals surface area contributed by atoms with E-state index >= 15 is 0 Å². The van der Waals surface area contributed by atoms with Gasteiger partial charge >= 0.3 is 0 Å². The van der Waals surface area contributed by atoms with Crippen molar-refractivity contribution < 1.29 is 0 Å². The molecule has 0 radical (unpaired) electrons. The summed E-state index contributed by atoms with van der Waals surface area (Å²) >= 11 is 4.76. The lowest BCUT2D eigenvalue weighted by molar-refractivity contribution is 0.493. The molecule has 1 nitrogen and oxygen atoms in total. The van der Waals surface area contributed by atoms with Gasteiger partial charge < -0.3 is 0 Å².